The average molecular weight is 525 g/mol. The topological polar surface area (TPSA) is 52.0 Å². The summed E-state index contributed by atoms with van der Waals surface area (Å²) in [6, 6.07) is 37.9. The van der Waals surface area contributed by atoms with E-state index in [1.807, 2.05) is 91.9 Å². The van der Waals surface area contributed by atoms with Crippen molar-refractivity contribution >= 4 is 21.1 Å². The molecule has 0 amide bonds. The SMILES string of the molecule is Cc1ccc(-c2c(C#Cc3ccccc3)c3cccnc3n2S(=O)(=O)c2ccccc2)c(-c2ccccc2)c1. The van der Waals surface area contributed by atoms with Crippen molar-refractivity contribution in [2.24, 2.45) is 0 Å². The molecular weight excluding hydrogens is 500 g/mol. The summed E-state index contributed by atoms with van der Waals surface area (Å²) >= 11 is 0. The zero-order valence-corrected chi connectivity index (χ0v) is 22.1. The predicted octanol–water partition coefficient (Wildman–Crippen LogP) is 7.32. The molecule has 4 nitrogen and oxygen atoms in total. The molecule has 0 bridgehead atoms. The van der Waals surface area contributed by atoms with Gasteiger partial charge in [-0.1, -0.05) is 102 Å². The van der Waals surface area contributed by atoms with Crippen LogP contribution in [0.2, 0.25) is 0 Å². The molecule has 0 unspecified atom stereocenters. The third kappa shape index (κ3) is 4.52. The lowest BCUT2D eigenvalue weighted by Crippen LogP contribution is -2.15. The Hall–Kier alpha value is -4.92. The molecule has 0 aliphatic heterocycles. The fraction of sp³-hybridized carbons (Fsp3) is 0.0294. The summed E-state index contributed by atoms with van der Waals surface area (Å²) in [6.07, 6.45) is 1.62. The van der Waals surface area contributed by atoms with Crippen LogP contribution in [0.25, 0.3) is 33.4 Å². The van der Waals surface area contributed by atoms with Crippen molar-refractivity contribution < 1.29 is 8.42 Å². The highest BCUT2D eigenvalue weighted by atomic mass is 32.2. The number of benzene rings is 4. The minimum Gasteiger partial charge on any atom is -0.237 e. The third-order valence-electron chi connectivity index (χ3n) is 6.59. The lowest BCUT2D eigenvalue weighted by molar-refractivity contribution is 0.589. The van der Waals surface area contributed by atoms with Gasteiger partial charge in [0.25, 0.3) is 10.0 Å². The minimum absolute atomic E-state index is 0.185. The number of hydrogen-bond acceptors (Lipinski definition) is 3. The van der Waals surface area contributed by atoms with Crippen molar-refractivity contribution in [3.8, 4) is 34.2 Å². The van der Waals surface area contributed by atoms with Gasteiger partial charge in [-0.2, -0.15) is 0 Å². The summed E-state index contributed by atoms with van der Waals surface area (Å²) in [6.45, 7) is 2.03. The van der Waals surface area contributed by atoms with Crippen LogP contribution in [0.15, 0.2) is 132 Å². The van der Waals surface area contributed by atoms with E-state index in [1.54, 1.807) is 36.5 Å². The Balaban J connectivity index is 1.76. The van der Waals surface area contributed by atoms with Gasteiger partial charge in [0, 0.05) is 22.7 Å². The Morgan fingerprint density at radius 2 is 1.36 bits per heavy atom. The summed E-state index contributed by atoms with van der Waals surface area (Å²) in [5.74, 6) is 6.59. The maximum Gasteiger partial charge on any atom is 0.269 e. The number of nitrogens with zero attached hydrogens (tertiary/aromatic N) is 2. The van der Waals surface area contributed by atoms with E-state index < -0.39 is 10.0 Å². The van der Waals surface area contributed by atoms with Gasteiger partial charge < -0.3 is 0 Å². The first-order chi connectivity index (χ1) is 19.0. The summed E-state index contributed by atoms with van der Waals surface area (Å²) < 4.78 is 30.0. The molecule has 0 saturated carbocycles. The standard InChI is InChI=1S/C34H24N2O2S/c1-25-19-21-30(32(24-25)27-14-7-3-8-15-27)33-29(22-20-26-12-5-2-6-13-26)31-18-11-23-35-34(31)36(33)39(37,38)28-16-9-4-10-17-28/h2-19,21,23-24H,1H3. The Kier molecular flexibility index (Phi) is 6.32. The molecule has 4 aromatic carbocycles. The average Bonchev–Trinajstić information content (AvgIpc) is 3.32. The van der Waals surface area contributed by atoms with Gasteiger partial charge >= 0.3 is 0 Å². The Morgan fingerprint density at radius 3 is 2.08 bits per heavy atom. The highest BCUT2D eigenvalue weighted by Crippen LogP contribution is 2.40. The van der Waals surface area contributed by atoms with Crippen molar-refractivity contribution in [2.45, 2.75) is 11.8 Å². The largest absolute Gasteiger partial charge is 0.269 e. The van der Waals surface area contributed by atoms with Crippen molar-refractivity contribution in [1.29, 1.82) is 0 Å². The zero-order chi connectivity index (χ0) is 26.8. The van der Waals surface area contributed by atoms with Crippen LogP contribution in [-0.4, -0.2) is 17.4 Å². The summed E-state index contributed by atoms with van der Waals surface area (Å²) in [5.41, 5.74) is 6.03. The fourth-order valence-electron chi connectivity index (χ4n) is 4.77. The van der Waals surface area contributed by atoms with Crippen LogP contribution in [0.5, 0.6) is 0 Å². The zero-order valence-electron chi connectivity index (χ0n) is 21.2. The van der Waals surface area contributed by atoms with Crippen molar-refractivity contribution in [3.63, 3.8) is 0 Å². The minimum atomic E-state index is -4.03. The quantitative estimate of drug-likeness (QED) is 0.227. The molecule has 6 rings (SSSR count). The monoisotopic (exact) mass is 524 g/mol. The van der Waals surface area contributed by atoms with Crippen LogP contribution in [0.3, 0.4) is 0 Å². The molecule has 0 aliphatic rings. The van der Waals surface area contributed by atoms with E-state index in [0.29, 0.717) is 22.3 Å². The van der Waals surface area contributed by atoms with Gasteiger partial charge in [0.1, 0.15) is 0 Å². The van der Waals surface area contributed by atoms with Gasteiger partial charge in [0.15, 0.2) is 5.65 Å². The molecule has 0 atom stereocenters. The normalized spacial score (nSPS) is 11.2. The van der Waals surface area contributed by atoms with Crippen molar-refractivity contribution in [3.05, 3.63) is 144 Å². The molecule has 0 aliphatic carbocycles. The number of rotatable bonds is 4. The summed E-state index contributed by atoms with van der Waals surface area (Å²) in [4.78, 5) is 4.76. The molecule has 0 radical (unpaired) electrons. The Morgan fingerprint density at radius 1 is 0.692 bits per heavy atom. The van der Waals surface area contributed by atoms with Gasteiger partial charge in [0.05, 0.1) is 16.2 Å². The maximum atomic E-state index is 14.3. The number of hydrogen-bond donors (Lipinski definition) is 0. The molecule has 2 heterocycles. The summed E-state index contributed by atoms with van der Waals surface area (Å²) in [5, 5.41) is 0.676. The van der Waals surface area contributed by atoms with E-state index in [2.05, 4.69) is 22.9 Å². The third-order valence-corrected chi connectivity index (χ3v) is 8.29. The predicted molar refractivity (Wildman–Crippen MR) is 157 cm³/mol. The van der Waals surface area contributed by atoms with Crippen LogP contribution in [0.4, 0.5) is 0 Å². The molecule has 0 saturated heterocycles. The first-order valence-corrected chi connectivity index (χ1v) is 14.0. The van der Waals surface area contributed by atoms with Crippen LogP contribution in [-0.2, 0) is 10.0 Å². The first kappa shape index (κ1) is 24.4. The molecule has 188 valence electrons. The van der Waals surface area contributed by atoms with E-state index in [1.165, 1.54) is 3.97 Å². The van der Waals surface area contributed by atoms with Crippen molar-refractivity contribution in [2.75, 3.05) is 0 Å². The van der Waals surface area contributed by atoms with E-state index >= 15 is 0 Å². The lowest BCUT2D eigenvalue weighted by atomic mass is 9.94. The second-order valence-electron chi connectivity index (χ2n) is 9.21. The van der Waals surface area contributed by atoms with Gasteiger partial charge in [-0.25, -0.2) is 17.4 Å². The van der Waals surface area contributed by atoms with E-state index in [4.69, 9.17) is 0 Å². The van der Waals surface area contributed by atoms with Crippen LogP contribution < -0.4 is 0 Å². The molecule has 0 spiro atoms. The first-order valence-electron chi connectivity index (χ1n) is 12.6. The number of pyridine rings is 1. The Bertz CT molecular complexity index is 1970. The summed E-state index contributed by atoms with van der Waals surface area (Å²) in [7, 11) is -4.03. The molecule has 6 aromatic rings. The van der Waals surface area contributed by atoms with Gasteiger partial charge in [-0.3, -0.25) is 0 Å². The molecule has 0 N–H and O–H groups in total. The van der Waals surface area contributed by atoms with Crippen LogP contribution in [0.1, 0.15) is 16.7 Å². The molecule has 2 aromatic heterocycles. The molecule has 39 heavy (non-hydrogen) atoms. The second kappa shape index (κ2) is 10.1. The molecular formula is C34H24N2O2S. The number of fused-ring (bicyclic) bond motifs is 1. The smallest absolute Gasteiger partial charge is 0.237 e. The van der Waals surface area contributed by atoms with E-state index in [-0.39, 0.29) is 4.90 Å². The van der Waals surface area contributed by atoms with Crippen LogP contribution >= 0.6 is 0 Å². The number of aromatic nitrogens is 2. The van der Waals surface area contributed by atoms with Crippen LogP contribution in [0, 0.1) is 18.8 Å². The maximum absolute atomic E-state index is 14.3. The highest BCUT2D eigenvalue weighted by Gasteiger charge is 2.29. The highest BCUT2D eigenvalue weighted by molar-refractivity contribution is 7.90. The van der Waals surface area contributed by atoms with E-state index in [9.17, 15) is 8.42 Å². The van der Waals surface area contributed by atoms with Gasteiger partial charge in [0.2, 0.25) is 0 Å². The Labute approximate surface area is 228 Å². The van der Waals surface area contributed by atoms with Gasteiger partial charge in [-0.15, -0.1) is 0 Å². The second-order valence-corrected chi connectivity index (χ2v) is 11.0. The lowest BCUT2D eigenvalue weighted by Gasteiger charge is -2.16. The van der Waals surface area contributed by atoms with Gasteiger partial charge in [-0.05, 0) is 54.4 Å². The van der Waals surface area contributed by atoms with Crippen molar-refractivity contribution in [1.82, 2.24) is 8.96 Å². The number of aryl methyl sites for hydroxylation is 1. The molecule has 5 heteroatoms. The van der Waals surface area contributed by atoms with E-state index in [0.717, 1.165) is 27.8 Å². The molecule has 0 fully saturated rings. The fourth-order valence-corrected chi connectivity index (χ4v) is 6.28.